The van der Waals surface area contributed by atoms with Gasteiger partial charge in [0.25, 0.3) is 0 Å². The van der Waals surface area contributed by atoms with Crippen molar-refractivity contribution in [1.82, 2.24) is 9.55 Å². The quantitative estimate of drug-likeness (QED) is 0.892. The van der Waals surface area contributed by atoms with Gasteiger partial charge < -0.3 is 10.3 Å². The van der Waals surface area contributed by atoms with Crippen LogP contribution in [-0.2, 0) is 13.1 Å². The number of hydrogen-bond donors (Lipinski definition) is 1. The van der Waals surface area contributed by atoms with Crippen molar-refractivity contribution in [3.05, 3.63) is 52.8 Å². The molecule has 5 heteroatoms. The van der Waals surface area contributed by atoms with Gasteiger partial charge in [0.1, 0.15) is 11.6 Å². The van der Waals surface area contributed by atoms with E-state index < -0.39 is 0 Å². The molecule has 0 atom stereocenters. The van der Waals surface area contributed by atoms with Gasteiger partial charge in [0.05, 0.1) is 13.1 Å². The molecular weight excluding hydrogens is 229 g/mol. The molecule has 0 unspecified atom stereocenters. The first kappa shape index (κ1) is 11.1. The Morgan fingerprint density at radius 2 is 2.25 bits per heavy atom. The Kier molecular flexibility index (Phi) is 3.22. The van der Waals surface area contributed by atoms with Crippen LogP contribution >= 0.6 is 11.6 Å². The summed E-state index contributed by atoms with van der Waals surface area (Å²) in [4.78, 5) is 4.08. The fourth-order valence-electron chi connectivity index (χ4n) is 1.52. The van der Waals surface area contributed by atoms with Gasteiger partial charge in [-0.2, -0.15) is 0 Å². The predicted molar refractivity (Wildman–Crippen MR) is 60.6 cm³/mol. The van der Waals surface area contributed by atoms with E-state index in [4.69, 9.17) is 17.3 Å². The second-order valence-electron chi connectivity index (χ2n) is 3.41. The Hall–Kier alpha value is -1.39. The summed E-state index contributed by atoms with van der Waals surface area (Å²) in [5.74, 6) is 0.453. The number of hydrogen-bond acceptors (Lipinski definition) is 2. The molecule has 0 saturated carbocycles. The molecule has 0 aliphatic rings. The van der Waals surface area contributed by atoms with Gasteiger partial charge in [-0.15, -0.1) is 0 Å². The van der Waals surface area contributed by atoms with E-state index >= 15 is 0 Å². The maximum absolute atomic E-state index is 13.1. The molecule has 84 valence electrons. The Bertz CT molecular complexity index is 496. The molecule has 2 rings (SSSR count). The summed E-state index contributed by atoms with van der Waals surface area (Å²) in [6, 6.07) is 4.30. The van der Waals surface area contributed by atoms with E-state index in [0.717, 1.165) is 11.4 Å². The molecule has 0 saturated heterocycles. The van der Waals surface area contributed by atoms with Crippen LogP contribution in [0.1, 0.15) is 11.4 Å². The minimum atomic E-state index is -0.297. The van der Waals surface area contributed by atoms with E-state index in [1.165, 1.54) is 12.1 Å². The molecule has 2 aromatic rings. The van der Waals surface area contributed by atoms with Crippen molar-refractivity contribution in [3.63, 3.8) is 0 Å². The molecule has 0 spiro atoms. The van der Waals surface area contributed by atoms with Crippen LogP contribution in [0.25, 0.3) is 0 Å². The molecule has 1 aromatic heterocycles. The van der Waals surface area contributed by atoms with Crippen LogP contribution in [0.15, 0.2) is 30.6 Å². The molecule has 3 nitrogen and oxygen atoms in total. The van der Waals surface area contributed by atoms with Crippen molar-refractivity contribution >= 4 is 11.6 Å². The average Bonchev–Trinajstić information content (AvgIpc) is 2.71. The third-order valence-corrected chi connectivity index (χ3v) is 2.70. The maximum atomic E-state index is 13.1. The summed E-state index contributed by atoms with van der Waals surface area (Å²) in [7, 11) is 0. The van der Waals surface area contributed by atoms with Gasteiger partial charge in [-0.25, -0.2) is 9.37 Å². The monoisotopic (exact) mass is 239 g/mol. The number of halogens is 2. The molecule has 0 bridgehead atoms. The van der Waals surface area contributed by atoms with E-state index in [1.54, 1.807) is 18.5 Å². The third-order valence-electron chi connectivity index (χ3n) is 2.33. The Balaban J connectivity index is 2.30. The van der Waals surface area contributed by atoms with E-state index in [9.17, 15) is 4.39 Å². The normalized spacial score (nSPS) is 10.7. The number of nitrogens with zero attached hydrogens (tertiary/aromatic N) is 2. The molecule has 1 aromatic carbocycles. The zero-order chi connectivity index (χ0) is 11.5. The highest BCUT2D eigenvalue weighted by Crippen LogP contribution is 2.18. The molecule has 0 radical (unpaired) electrons. The highest BCUT2D eigenvalue weighted by molar-refractivity contribution is 6.31. The lowest BCUT2D eigenvalue weighted by Gasteiger charge is -2.08. The molecule has 0 aliphatic heterocycles. The predicted octanol–water partition coefficient (Wildman–Crippen LogP) is 2.18. The van der Waals surface area contributed by atoms with Crippen LogP contribution < -0.4 is 5.73 Å². The Morgan fingerprint density at radius 3 is 3.00 bits per heavy atom. The second kappa shape index (κ2) is 4.63. The first-order valence-corrected chi connectivity index (χ1v) is 5.22. The summed E-state index contributed by atoms with van der Waals surface area (Å²) >= 11 is 5.98. The lowest BCUT2D eigenvalue weighted by molar-refractivity contribution is 0.622. The van der Waals surface area contributed by atoms with Gasteiger partial charge in [-0.1, -0.05) is 11.6 Å². The third kappa shape index (κ3) is 2.23. The van der Waals surface area contributed by atoms with Gasteiger partial charge in [0, 0.05) is 17.4 Å². The fraction of sp³-hybridized carbons (Fsp3) is 0.182. The van der Waals surface area contributed by atoms with Crippen LogP contribution in [-0.4, -0.2) is 9.55 Å². The largest absolute Gasteiger partial charge is 0.329 e. The van der Waals surface area contributed by atoms with Gasteiger partial charge >= 0.3 is 0 Å². The van der Waals surface area contributed by atoms with Crippen LogP contribution in [0, 0.1) is 5.82 Å². The van der Waals surface area contributed by atoms with Gasteiger partial charge in [0.15, 0.2) is 0 Å². The summed E-state index contributed by atoms with van der Waals surface area (Å²) in [5, 5.41) is 0.540. The van der Waals surface area contributed by atoms with E-state index in [-0.39, 0.29) is 5.82 Å². The molecule has 0 aliphatic carbocycles. The molecule has 0 fully saturated rings. The summed E-state index contributed by atoms with van der Waals surface area (Å²) < 4.78 is 14.9. The number of nitrogens with two attached hydrogens (primary N) is 1. The second-order valence-corrected chi connectivity index (χ2v) is 3.82. The van der Waals surface area contributed by atoms with E-state index in [1.807, 2.05) is 4.57 Å². The van der Waals surface area contributed by atoms with Crippen LogP contribution in [0.2, 0.25) is 5.02 Å². The molecule has 0 amide bonds. The number of aromatic nitrogens is 2. The molecule has 16 heavy (non-hydrogen) atoms. The average molecular weight is 240 g/mol. The smallest absolute Gasteiger partial charge is 0.123 e. The zero-order valence-corrected chi connectivity index (χ0v) is 9.28. The highest BCUT2D eigenvalue weighted by atomic mass is 35.5. The van der Waals surface area contributed by atoms with Crippen LogP contribution in [0.5, 0.6) is 0 Å². The highest BCUT2D eigenvalue weighted by Gasteiger charge is 2.06. The SMILES string of the molecule is NCc1nccn1Cc1cc(F)ccc1Cl. The van der Waals surface area contributed by atoms with E-state index in [2.05, 4.69) is 4.98 Å². The van der Waals surface area contributed by atoms with Crippen molar-refractivity contribution in [3.8, 4) is 0 Å². The van der Waals surface area contributed by atoms with Gasteiger partial charge in [-0.05, 0) is 23.8 Å². The van der Waals surface area contributed by atoms with E-state index in [0.29, 0.717) is 18.1 Å². The van der Waals surface area contributed by atoms with Crippen LogP contribution in [0.4, 0.5) is 4.39 Å². The van der Waals surface area contributed by atoms with Crippen LogP contribution in [0.3, 0.4) is 0 Å². The number of imidazole rings is 1. The van der Waals surface area contributed by atoms with Gasteiger partial charge in [0.2, 0.25) is 0 Å². The first-order chi connectivity index (χ1) is 7.70. The van der Waals surface area contributed by atoms with Gasteiger partial charge in [-0.3, -0.25) is 0 Å². The topological polar surface area (TPSA) is 43.8 Å². The summed E-state index contributed by atoms with van der Waals surface area (Å²) in [6.07, 6.45) is 3.46. The molecular formula is C11H11ClFN3. The minimum absolute atomic E-state index is 0.297. The zero-order valence-electron chi connectivity index (χ0n) is 8.53. The fourth-order valence-corrected chi connectivity index (χ4v) is 1.70. The number of rotatable bonds is 3. The van der Waals surface area contributed by atoms with Crippen molar-refractivity contribution in [2.75, 3.05) is 0 Å². The standard InChI is InChI=1S/C11H11ClFN3/c12-10-2-1-9(13)5-8(10)7-16-4-3-15-11(16)6-14/h1-5H,6-7,14H2. The lowest BCUT2D eigenvalue weighted by atomic mass is 10.2. The molecule has 2 N–H and O–H groups in total. The maximum Gasteiger partial charge on any atom is 0.123 e. The van der Waals surface area contributed by atoms with Crippen molar-refractivity contribution in [2.45, 2.75) is 13.1 Å². The summed E-state index contributed by atoms with van der Waals surface area (Å²) in [5.41, 5.74) is 6.24. The Labute approximate surface area is 97.7 Å². The number of benzene rings is 1. The molecule has 1 heterocycles. The summed E-state index contributed by atoms with van der Waals surface area (Å²) in [6.45, 7) is 0.822. The van der Waals surface area contributed by atoms with Crippen molar-refractivity contribution in [1.29, 1.82) is 0 Å². The van der Waals surface area contributed by atoms with Crippen molar-refractivity contribution in [2.24, 2.45) is 5.73 Å². The minimum Gasteiger partial charge on any atom is -0.329 e. The van der Waals surface area contributed by atoms with Crippen molar-refractivity contribution < 1.29 is 4.39 Å². The first-order valence-electron chi connectivity index (χ1n) is 4.84. The Morgan fingerprint density at radius 1 is 1.44 bits per heavy atom. The lowest BCUT2D eigenvalue weighted by Crippen LogP contribution is -2.09.